The van der Waals surface area contributed by atoms with Crippen LogP contribution in [0.3, 0.4) is 0 Å². The summed E-state index contributed by atoms with van der Waals surface area (Å²) in [4.78, 5) is 15.0. The van der Waals surface area contributed by atoms with E-state index in [9.17, 15) is 13.2 Å². The molecular formula is C17H29N5O4S. The van der Waals surface area contributed by atoms with Gasteiger partial charge in [0.25, 0.3) is 0 Å². The van der Waals surface area contributed by atoms with Crippen molar-refractivity contribution in [3.8, 4) is 0 Å². The maximum atomic E-state index is 12.9. The van der Waals surface area contributed by atoms with Gasteiger partial charge in [-0.1, -0.05) is 0 Å². The molecule has 3 rings (SSSR count). The number of amides is 1. The molecule has 2 saturated heterocycles. The molecule has 1 N–H and O–H groups in total. The number of aryl methyl sites for hydroxylation is 1. The Kier molecular flexibility index (Phi) is 6.51. The minimum atomic E-state index is -3.63. The molecule has 1 atom stereocenters. The molecule has 10 heteroatoms. The summed E-state index contributed by atoms with van der Waals surface area (Å²) < 4.78 is 34.2. The van der Waals surface area contributed by atoms with Crippen LogP contribution in [0.2, 0.25) is 0 Å². The largest absolute Gasteiger partial charge is 0.379 e. The molecule has 9 nitrogen and oxygen atoms in total. The highest BCUT2D eigenvalue weighted by atomic mass is 32.2. The lowest BCUT2D eigenvalue weighted by atomic mass is 9.99. The van der Waals surface area contributed by atoms with Gasteiger partial charge in [0.2, 0.25) is 15.9 Å². The summed E-state index contributed by atoms with van der Waals surface area (Å²) in [7, 11) is -1.91. The third-order valence-electron chi connectivity index (χ3n) is 5.39. The molecule has 1 unspecified atom stereocenters. The maximum Gasteiger partial charge on any atom is 0.246 e. The zero-order chi connectivity index (χ0) is 19.4. The van der Waals surface area contributed by atoms with E-state index in [4.69, 9.17) is 4.74 Å². The topological polar surface area (TPSA) is 96.8 Å². The minimum absolute atomic E-state index is 0.0638. The second-order valence-electron chi connectivity index (χ2n) is 7.17. The van der Waals surface area contributed by atoms with Crippen molar-refractivity contribution in [2.75, 3.05) is 52.5 Å². The third-order valence-corrected chi connectivity index (χ3v) is 7.36. The monoisotopic (exact) mass is 399 g/mol. The molecule has 0 bridgehead atoms. The second kappa shape index (κ2) is 8.68. The van der Waals surface area contributed by atoms with E-state index >= 15 is 0 Å². The van der Waals surface area contributed by atoms with E-state index in [2.05, 4.69) is 15.3 Å². The highest BCUT2D eigenvalue weighted by molar-refractivity contribution is 7.89. The van der Waals surface area contributed by atoms with Crippen molar-refractivity contribution in [1.29, 1.82) is 0 Å². The van der Waals surface area contributed by atoms with Crippen molar-refractivity contribution in [3.63, 3.8) is 0 Å². The zero-order valence-electron chi connectivity index (χ0n) is 16.1. The number of morpholine rings is 1. The van der Waals surface area contributed by atoms with Crippen LogP contribution in [-0.4, -0.2) is 85.8 Å². The van der Waals surface area contributed by atoms with E-state index < -0.39 is 10.0 Å². The summed E-state index contributed by atoms with van der Waals surface area (Å²) in [5, 5.41) is 7.00. The molecule has 2 aliphatic heterocycles. The quantitative estimate of drug-likeness (QED) is 0.698. The van der Waals surface area contributed by atoms with Gasteiger partial charge in [0.05, 0.1) is 31.0 Å². The molecule has 0 radical (unpaired) electrons. The molecule has 1 amide bonds. The summed E-state index contributed by atoms with van der Waals surface area (Å²) in [6.45, 7) is 7.00. The van der Waals surface area contributed by atoms with E-state index in [1.165, 1.54) is 10.5 Å². The van der Waals surface area contributed by atoms with Crippen LogP contribution in [0.5, 0.6) is 0 Å². The highest BCUT2D eigenvalue weighted by Gasteiger charge is 2.34. The van der Waals surface area contributed by atoms with E-state index in [1.807, 2.05) is 0 Å². The van der Waals surface area contributed by atoms with Crippen molar-refractivity contribution in [1.82, 2.24) is 24.3 Å². The summed E-state index contributed by atoms with van der Waals surface area (Å²) in [6, 6.07) is 0. The number of carbonyl (C=O) groups is 1. The van der Waals surface area contributed by atoms with Gasteiger partial charge in [-0.05, 0) is 19.8 Å². The molecule has 2 aliphatic rings. The smallest absolute Gasteiger partial charge is 0.246 e. The molecule has 152 valence electrons. The number of nitrogens with one attached hydrogen (secondary N) is 1. The van der Waals surface area contributed by atoms with Crippen molar-refractivity contribution < 1.29 is 17.9 Å². The predicted molar refractivity (Wildman–Crippen MR) is 99.7 cm³/mol. The van der Waals surface area contributed by atoms with E-state index in [0.717, 1.165) is 32.8 Å². The molecular weight excluding hydrogens is 370 g/mol. The molecule has 0 spiro atoms. The normalized spacial score (nSPS) is 22.7. The van der Waals surface area contributed by atoms with Crippen LogP contribution in [0.15, 0.2) is 11.1 Å². The Balaban J connectivity index is 1.55. The first-order valence-electron chi connectivity index (χ1n) is 9.46. The number of carbonyl (C=O) groups excluding carboxylic acids is 1. The van der Waals surface area contributed by atoms with Crippen LogP contribution in [0.1, 0.15) is 18.5 Å². The van der Waals surface area contributed by atoms with Gasteiger partial charge in [0.1, 0.15) is 4.90 Å². The van der Waals surface area contributed by atoms with Crippen LogP contribution in [0, 0.1) is 12.8 Å². The van der Waals surface area contributed by atoms with Crippen LogP contribution in [-0.2, 0) is 26.6 Å². The standard InChI is InChI=1S/C17H29N5O4S/c1-14-16(12-19-20(14)2)27(24,25)22-6-3-4-15(13-22)17(23)18-5-7-21-8-10-26-11-9-21/h12,15H,3-11,13H2,1-2H3,(H,18,23). The number of rotatable bonds is 6. The van der Waals surface area contributed by atoms with Gasteiger partial charge in [-0.25, -0.2) is 8.42 Å². The Morgan fingerprint density at radius 1 is 1.33 bits per heavy atom. The van der Waals surface area contributed by atoms with Crippen LogP contribution < -0.4 is 5.32 Å². The lowest BCUT2D eigenvalue weighted by Crippen LogP contribution is -2.47. The fourth-order valence-corrected chi connectivity index (χ4v) is 5.26. The number of sulfonamides is 1. The first kappa shape index (κ1) is 20.2. The number of hydrogen-bond donors (Lipinski definition) is 1. The number of hydrogen-bond acceptors (Lipinski definition) is 6. The van der Waals surface area contributed by atoms with Gasteiger partial charge in [-0.15, -0.1) is 0 Å². The summed E-state index contributed by atoms with van der Waals surface area (Å²) >= 11 is 0. The van der Waals surface area contributed by atoms with Crippen LogP contribution in [0.25, 0.3) is 0 Å². The van der Waals surface area contributed by atoms with Crippen molar-refractivity contribution in [3.05, 3.63) is 11.9 Å². The number of nitrogens with zero attached hydrogens (tertiary/aromatic N) is 4. The Morgan fingerprint density at radius 3 is 2.74 bits per heavy atom. The molecule has 27 heavy (non-hydrogen) atoms. The van der Waals surface area contributed by atoms with Crippen molar-refractivity contribution in [2.45, 2.75) is 24.7 Å². The third kappa shape index (κ3) is 4.68. The van der Waals surface area contributed by atoms with Gasteiger partial charge in [0.15, 0.2) is 0 Å². The maximum absolute atomic E-state index is 12.9. The minimum Gasteiger partial charge on any atom is -0.379 e. The molecule has 1 aromatic heterocycles. The summed E-state index contributed by atoms with van der Waals surface area (Å²) in [5.74, 6) is -0.374. The van der Waals surface area contributed by atoms with Crippen molar-refractivity contribution in [2.24, 2.45) is 13.0 Å². The number of aromatic nitrogens is 2. The summed E-state index contributed by atoms with van der Waals surface area (Å²) in [5.41, 5.74) is 0.604. The Hall–Kier alpha value is -1.49. The molecule has 0 aromatic carbocycles. The first-order chi connectivity index (χ1) is 12.9. The predicted octanol–water partition coefficient (Wildman–Crippen LogP) is -0.422. The Morgan fingerprint density at radius 2 is 2.07 bits per heavy atom. The van der Waals surface area contributed by atoms with E-state index in [-0.39, 0.29) is 23.3 Å². The number of ether oxygens (including phenoxy) is 1. The average Bonchev–Trinajstić information content (AvgIpc) is 3.02. The first-order valence-corrected chi connectivity index (χ1v) is 10.9. The van der Waals surface area contributed by atoms with Crippen LogP contribution in [0.4, 0.5) is 0 Å². The van der Waals surface area contributed by atoms with E-state index in [1.54, 1.807) is 18.7 Å². The van der Waals surface area contributed by atoms with Gasteiger partial charge < -0.3 is 10.1 Å². The van der Waals surface area contributed by atoms with Gasteiger partial charge >= 0.3 is 0 Å². The van der Waals surface area contributed by atoms with Gasteiger partial charge in [-0.2, -0.15) is 9.40 Å². The van der Waals surface area contributed by atoms with Crippen molar-refractivity contribution >= 4 is 15.9 Å². The lowest BCUT2D eigenvalue weighted by molar-refractivity contribution is -0.126. The summed E-state index contributed by atoms with van der Waals surface area (Å²) in [6.07, 6.45) is 2.78. The number of piperidine rings is 1. The highest BCUT2D eigenvalue weighted by Crippen LogP contribution is 2.25. The zero-order valence-corrected chi connectivity index (χ0v) is 16.9. The Labute approximate surface area is 160 Å². The molecule has 0 saturated carbocycles. The fraction of sp³-hybridized carbons (Fsp3) is 0.765. The van der Waals surface area contributed by atoms with Crippen LogP contribution >= 0.6 is 0 Å². The van der Waals surface area contributed by atoms with Gasteiger partial charge in [-0.3, -0.25) is 14.4 Å². The van der Waals surface area contributed by atoms with Gasteiger partial charge in [0, 0.05) is 46.3 Å². The fourth-order valence-electron chi connectivity index (χ4n) is 3.55. The Bertz CT molecular complexity index is 757. The molecule has 1 aromatic rings. The average molecular weight is 400 g/mol. The SMILES string of the molecule is Cc1c(S(=O)(=O)N2CCCC(C(=O)NCCN3CCOCC3)C2)cnn1C. The second-order valence-corrected chi connectivity index (χ2v) is 9.07. The lowest BCUT2D eigenvalue weighted by Gasteiger charge is -2.31. The molecule has 3 heterocycles. The van der Waals surface area contributed by atoms with E-state index in [0.29, 0.717) is 31.6 Å². The molecule has 2 fully saturated rings. The molecule has 0 aliphatic carbocycles.